The van der Waals surface area contributed by atoms with Gasteiger partial charge in [-0.1, -0.05) is 18.2 Å². The SMILES string of the molecule is OC(Cc1cn2ccsc2n1)Cc1ccccc1F. The van der Waals surface area contributed by atoms with Gasteiger partial charge in [0.25, 0.3) is 0 Å². The summed E-state index contributed by atoms with van der Waals surface area (Å²) in [5, 5.41) is 12.0. The maximum atomic E-state index is 13.5. The number of aromatic nitrogens is 2. The van der Waals surface area contributed by atoms with Crippen LogP contribution in [0.2, 0.25) is 0 Å². The van der Waals surface area contributed by atoms with Crippen LogP contribution in [0.1, 0.15) is 11.3 Å². The highest BCUT2D eigenvalue weighted by atomic mass is 32.1. The molecule has 0 bridgehead atoms. The first-order chi connectivity index (χ1) is 9.22. The van der Waals surface area contributed by atoms with Crippen molar-refractivity contribution in [3.8, 4) is 0 Å². The summed E-state index contributed by atoms with van der Waals surface area (Å²) in [4.78, 5) is 5.31. The molecule has 3 rings (SSSR count). The van der Waals surface area contributed by atoms with E-state index < -0.39 is 6.10 Å². The minimum atomic E-state index is -0.624. The lowest BCUT2D eigenvalue weighted by atomic mass is 10.0. The van der Waals surface area contributed by atoms with Gasteiger partial charge in [-0.3, -0.25) is 4.40 Å². The minimum absolute atomic E-state index is 0.271. The van der Waals surface area contributed by atoms with Crippen molar-refractivity contribution in [3.05, 3.63) is 59.1 Å². The third-order valence-corrected chi connectivity index (χ3v) is 3.77. The molecule has 5 heteroatoms. The maximum Gasteiger partial charge on any atom is 0.193 e. The van der Waals surface area contributed by atoms with E-state index in [2.05, 4.69) is 4.98 Å². The van der Waals surface area contributed by atoms with Gasteiger partial charge in [-0.25, -0.2) is 9.37 Å². The number of fused-ring (bicyclic) bond motifs is 1. The van der Waals surface area contributed by atoms with Crippen molar-refractivity contribution >= 4 is 16.3 Å². The van der Waals surface area contributed by atoms with Crippen molar-refractivity contribution in [3.63, 3.8) is 0 Å². The van der Waals surface area contributed by atoms with E-state index in [0.29, 0.717) is 18.4 Å². The van der Waals surface area contributed by atoms with Gasteiger partial charge in [-0.05, 0) is 11.6 Å². The van der Waals surface area contributed by atoms with Crippen LogP contribution >= 0.6 is 11.3 Å². The molecular formula is C14H13FN2OS. The summed E-state index contributed by atoms with van der Waals surface area (Å²) in [6, 6.07) is 6.53. The summed E-state index contributed by atoms with van der Waals surface area (Å²) in [5.41, 5.74) is 1.37. The van der Waals surface area contributed by atoms with Crippen molar-refractivity contribution in [2.45, 2.75) is 18.9 Å². The Kier molecular flexibility index (Phi) is 3.31. The van der Waals surface area contributed by atoms with Crippen molar-refractivity contribution in [2.24, 2.45) is 0 Å². The standard InChI is InChI=1S/C14H13FN2OS/c15-13-4-2-1-3-10(13)7-12(18)8-11-9-17-5-6-19-14(17)16-11/h1-6,9,12,18H,7-8H2. The fourth-order valence-electron chi connectivity index (χ4n) is 2.11. The van der Waals surface area contributed by atoms with E-state index in [-0.39, 0.29) is 5.82 Å². The van der Waals surface area contributed by atoms with Gasteiger partial charge in [-0.15, -0.1) is 11.3 Å². The molecule has 2 heterocycles. The lowest BCUT2D eigenvalue weighted by Gasteiger charge is -2.09. The summed E-state index contributed by atoms with van der Waals surface area (Å²) in [6.45, 7) is 0. The monoisotopic (exact) mass is 276 g/mol. The number of nitrogens with zero attached hydrogens (tertiary/aromatic N) is 2. The van der Waals surface area contributed by atoms with Crippen LogP contribution in [0.4, 0.5) is 4.39 Å². The van der Waals surface area contributed by atoms with Crippen molar-refractivity contribution in [1.29, 1.82) is 0 Å². The number of imidazole rings is 1. The first kappa shape index (κ1) is 12.3. The zero-order valence-electron chi connectivity index (χ0n) is 10.2. The van der Waals surface area contributed by atoms with Gasteiger partial charge in [0.15, 0.2) is 4.96 Å². The summed E-state index contributed by atoms with van der Waals surface area (Å²) in [6.07, 6.45) is 3.94. The van der Waals surface area contributed by atoms with Gasteiger partial charge >= 0.3 is 0 Å². The number of aliphatic hydroxyl groups is 1. The quantitative estimate of drug-likeness (QED) is 0.795. The van der Waals surface area contributed by atoms with Crippen LogP contribution in [0, 0.1) is 5.82 Å². The normalized spacial score (nSPS) is 12.9. The molecular weight excluding hydrogens is 263 g/mol. The van der Waals surface area contributed by atoms with Crippen molar-refractivity contribution < 1.29 is 9.50 Å². The lowest BCUT2D eigenvalue weighted by Crippen LogP contribution is -2.15. The fraction of sp³-hybridized carbons (Fsp3) is 0.214. The van der Waals surface area contributed by atoms with Crippen LogP contribution in [0.25, 0.3) is 4.96 Å². The van der Waals surface area contributed by atoms with Crippen LogP contribution in [-0.4, -0.2) is 20.6 Å². The Balaban J connectivity index is 1.70. The summed E-state index contributed by atoms with van der Waals surface area (Å²) < 4.78 is 15.4. The van der Waals surface area contributed by atoms with E-state index in [4.69, 9.17) is 0 Å². The van der Waals surface area contributed by atoms with E-state index in [9.17, 15) is 9.50 Å². The molecule has 0 aliphatic rings. The zero-order chi connectivity index (χ0) is 13.2. The van der Waals surface area contributed by atoms with E-state index in [1.165, 1.54) is 6.07 Å². The third-order valence-electron chi connectivity index (χ3n) is 3.00. The summed E-state index contributed by atoms with van der Waals surface area (Å²) >= 11 is 1.55. The molecule has 0 aliphatic heterocycles. The zero-order valence-corrected chi connectivity index (χ0v) is 11.0. The van der Waals surface area contributed by atoms with E-state index in [1.807, 2.05) is 22.2 Å². The molecule has 2 aromatic heterocycles. The topological polar surface area (TPSA) is 37.5 Å². The van der Waals surface area contributed by atoms with Gasteiger partial charge in [0.2, 0.25) is 0 Å². The molecule has 0 aliphatic carbocycles. The Morgan fingerprint density at radius 1 is 1.32 bits per heavy atom. The highest BCUT2D eigenvalue weighted by Gasteiger charge is 2.12. The number of hydrogen-bond donors (Lipinski definition) is 1. The van der Waals surface area contributed by atoms with Crippen LogP contribution < -0.4 is 0 Å². The predicted molar refractivity (Wildman–Crippen MR) is 72.9 cm³/mol. The van der Waals surface area contributed by atoms with Crippen LogP contribution in [-0.2, 0) is 12.8 Å². The van der Waals surface area contributed by atoms with E-state index in [1.54, 1.807) is 29.5 Å². The summed E-state index contributed by atoms with van der Waals surface area (Å²) in [5.74, 6) is -0.271. The number of rotatable bonds is 4. The molecule has 1 N–H and O–H groups in total. The average molecular weight is 276 g/mol. The molecule has 3 nitrogen and oxygen atoms in total. The van der Waals surface area contributed by atoms with Gasteiger partial charge in [0.1, 0.15) is 5.82 Å². The molecule has 98 valence electrons. The van der Waals surface area contributed by atoms with Crippen LogP contribution in [0.3, 0.4) is 0 Å². The first-order valence-corrected chi connectivity index (χ1v) is 6.93. The smallest absolute Gasteiger partial charge is 0.193 e. The second-order valence-electron chi connectivity index (χ2n) is 4.48. The number of hydrogen-bond acceptors (Lipinski definition) is 3. The van der Waals surface area contributed by atoms with Gasteiger partial charge in [0, 0.05) is 30.6 Å². The number of halogens is 1. The molecule has 0 spiro atoms. The Morgan fingerprint density at radius 3 is 2.95 bits per heavy atom. The highest BCUT2D eigenvalue weighted by molar-refractivity contribution is 7.15. The molecule has 0 saturated heterocycles. The van der Waals surface area contributed by atoms with Gasteiger partial charge in [0.05, 0.1) is 11.8 Å². The molecule has 3 aromatic rings. The minimum Gasteiger partial charge on any atom is -0.392 e. The molecule has 0 saturated carbocycles. The van der Waals surface area contributed by atoms with Gasteiger partial charge in [-0.2, -0.15) is 0 Å². The third kappa shape index (κ3) is 2.67. The summed E-state index contributed by atoms with van der Waals surface area (Å²) in [7, 11) is 0. The second kappa shape index (κ2) is 5.11. The van der Waals surface area contributed by atoms with Crippen molar-refractivity contribution in [1.82, 2.24) is 9.38 Å². The van der Waals surface area contributed by atoms with Gasteiger partial charge < -0.3 is 5.11 Å². The molecule has 0 fully saturated rings. The number of benzene rings is 1. The predicted octanol–water partition coefficient (Wildman–Crippen LogP) is 2.68. The average Bonchev–Trinajstić information content (AvgIpc) is 2.92. The Bertz CT molecular complexity index is 663. The Hall–Kier alpha value is -1.72. The lowest BCUT2D eigenvalue weighted by molar-refractivity contribution is 0.173. The van der Waals surface area contributed by atoms with Crippen LogP contribution in [0.5, 0.6) is 0 Å². The maximum absolute atomic E-state index is 13.5. The second-order valence-corrected chi connectivity index (χ2v) is 5.35. The molecule has 1 unspecified atom stereocenters. The van der Waals surface area contributed by atoms with E-state index in [0.717, 1.165) is 10.7 Å². The molecule has 1 atom stereocenters. The Labute approximate surface area is 114 Å². The molecule has 1 aromatic carbocycles. The van der Waals surface area contributed by atoms with Crippen molar-refractivity contribution in [2.75, 3.05) is 0 Å². The number of aliphatic hydroxyl groups excluding tert-OH is 1. The molecule has 0 amide bonds. The fourth-order valence-corrected chi connectivity index (χ4v) is 2.82. The van der Waals surface area contributed by atoms with E-state index >= 15 is 0 Å². The Morgan fingerprint density at radius 2 is 2.16 bits per heavy atom. The highest BCUT2D eigenvalue weighted by Crippen LogP contribution is 2.15. The largest absolute Gasteiger partial charge is 0.392 e. The molecule has 0 radical (unpaired) electrons. The first-order valence-electron chi connectivity index (χ1n) is 6.05. The van der Waals surface area contributed by atoms with Crippen LogP contribution in [0.15, 0.2) is 42.0 Å². The number of thiazole rings is 1. The molecule has 19 heavy (non-hydrogen) atoms.